The first kappa shape index (κ1) is 16.2. The van der Waals surface area contributed by atoms with Crippen molar-refractivity contribution >= 4 is 9.84 Å². The van der Waals surface area contributed by atoms with Crippen LogP contribution in [0.4, 0.5) is 0 Å². The molecule has 2 aliphatic heterocycles. The van der Waals surface area contributed by atoms with Crippen LogP contribution in [-0.2, 0) is 9.84 Å². The van der Waals surface area contributed by atoms with Gasteiger partial charge in [-0.2, -0.15) is 0 Å². The highest BCUT2D eigenvalue weighted by Crippen LogP contribution is 2.25. The lowest BCUT2D eigenvalue weighted by Crippen LogP contribution is -2.61. The third-order valence-corrected chi connectivity index (χ3v) is 7.22. The molecule has 0 aromatic carbocycles. The molecular weight excluding hydrogens is 272 g/mol. The Hall–Kier alpha value is -0.130. The monoisotopic (exact) mass is 302 g/mol. The van der Waals surface area contributed by atoms with E-state index in [2.05, 4.69) is 37.9 Å². The summed E-state index contributed by atoms with van der Waals surface area (Å²) in [5.74, 6) is 1.54. The molecule has 2 rings (SSSR count). The van der Waals surface area contributed by atoms with Gasteiger partial charge in [-0.3, -0.25) is 4.90 Å². The zero-order valence-electron chi connectivity index (χ0n) is 13.3. The Balaban J connectivity index is 2.07. The maximum atomic E-state index is 12.1. The van der Waals surface area contributed by atoms with Crippen molar-refractivity contribution in [3.05, 3.63) is 0 Å². The van der Waals surface area contributed by atoms with Crippen LogP contribution in [0, 0.1) is 11.8 Å². The molecule has 4 nitrogen and oxygen atoms in total. The Kier molecular flexibility index (Phi) is 5.14. The van der Waals surface area contributed by atoms with Gasteiger partial charge < -0.3 is 5.32 Å². The predicted octanol–water partition coefficient (Wildman–Crippen LogP) is 1.52. The lowest BCUT2D eigenvalue weighted by Gasteiger charge is -2.44. The molecule has 2 saturated heterocycles. The zero-order chi connectivity index (χ0) is 14.9. The predicted molar refractivity (Wildman–Crippen MR) is 83.6 cm³/mol. The van der Waals surface area contributed by atoms with Gasteiger partial charge in [-0.25, -0.2) is 8.42 Å². The van der Waals surface area contributed by atoms with Crippen LogP contribution in [0.2, 0.25) is 0 Å². The van der Waals surface area contributed by atoms with Crippen molar-refractivity contribution < 1.29 is 8.42 Å². The highest BCUT2D eigenvalue weighted by molar-refractivity contribution is 7.92. The summed E-state index contributed by atoms with van der Waals surface area (Å²) in [7, 11) is -2.84. The van der Waals surface area contributed by atoms with Crippen LogP contribution < -0.4 is 5.32 Å². The molecule has 0 bridgehead atoms. The SMILES string of the molecule is CC(C)C1CN(CC2CCCS2(=O)=O)C(C(C)C)CN1. The quantitative estimate of drug-likeness (QED) is 0.855. The van der Waals surface area contributed by atoms with E-state index in [-0.39, 0.29) is 5.25 Å². The molecule has 2 heterocycles. The van der Waals surface area contributed by atoms with E-state index >= 15 is 0 Å². The molecule has 0 spiro atoms. The van der Waals surface area contributed by atoms with Gasteiger partial charge in [0, 0.05) is 31.7 Å². The van der Waals surface area contributed by atoms with Crippen molar-refractivity contribution in [3.8, 4) is 0 Å². The van der Waals surface area contributed by atoms with Crippen LogP contribution >= 0.6 is 0 Å². The summed E-state index contributed by atoms with van der Waals surface area (Å²) in [5.41, 5.74) is 0. The minimum absolute atomic E-state index is 0.130. The van der Waals surface area contributed by atoms with Gasteiger partial charge in [0.2, 0.25) is 0 Å². The van der Waals surface area contributed by atoms with E-state index in [1.807, 2.05) is 0 Å². The molecule has 2 aliphatic rings. The second-order valence-electron chi connectivity index (χ2n) is 7.16. The van der Waals surface area contributed by atoms with Crippen LogP contribution in [0.15, 0.2) is 0 Å². The fourth-order valence-electron chi connectivity index (χ4n) is 3.49. The number of rotatable bonds is 4. The van der Waals surface area contributed by atoms with Gasteiger partial charge in [-0.15, -0.1) is 0 Å². The fourth-order valence-corrected chi connectivity index (χ4v) is 5.34. The molecule has 0 aliphatic carbocycles. The molecule has 0 aromatic rings. The molecule has 20 heavy (non-hydrogen) atoms. The van der Waals surface area contributed by atoms with Crippen molar-refractivity contribution in [1.29, 1.82) is 0 Å². The molecular formula is C15H30N2O2S. The fraction of sp³-hybridized carbons (Fsp3) is 1.00. The summed E-state index contributed by atoms with van der Waals surface area (Å²) >= 11 is 0. The second-order valence-corrected chi connectivity index (χ2v) is 9.56. The van der Waals surface area contributed by atoms with E-state index in [0.717, 1.165) is 32.5 Å². The molecule has 1 N–H and O–H groups in total. The Labute approximate surface area is 124 Å². The van der Waals surface area contributed by atoms with Crippen LogP contribution in [0.5, 0.6) is 0 Å². The van der Waals surface area contributed by atoms with Crippen molar-refractivity contribution in [2.24, 2.45) is 11.8 Å². The summed E-state index contributed by atoms with van der Waals surface area (Å²) < 4.78 is 24.2. The lowest BCUT2D eigenvalue weighted by molar-refractivity contribution is 0.0849. The Morgan fingerprint density at radius 3 is 2.40 bits per heavy atom. The highest BCUT2D eigenvalue weighted by Gasteiger charge is 2.37. The molecule has 0 saturated carbocycles. The molecule has 2 fully saturated rings. The molecule has 0 radical (unpaired) electrons. The highest BCUT2D eigenvalue weighted by atomic mass is 32.2. The molecule has 3 unspecified atom stereocenters. The molecule has 0 aromatic heterocycles. The lowest BCUT2D eigenvalue weighted by atomic mass is 9.94. The van der Waals surface area contributed by atoms with E-state index in [0.29, 0.717) is 29.7 Å². The Morgan fingerprint density at radius 1 is 1.20 bits per heavy atom. The Morgan fingerprint density at radius 2 is 1.90 bits per heavy atom. The van der Waals surface area contributed by atoms with E-state index in [1.54, 1.807) is 0 Å². The maximum absolute atomic E-state index is 12.1. The third-order valence-electron chi connectivity index (χ3n) is 4.96. The van der Waals surface area contributed by atoms with Crippen molar-refractivity contribution in [2.75, 3.05) is 25.4 Å². The molecule has 5 heteroatoms. The molecule has 118 valence electrons. The Bertz CT molecular complexity index is 420. The third kappa shape index (κ3) is 3.55. The summed E-state index contributed by atoms with van der Waals surface area (Å²) in [6.45, 7) is 11.6. The summed E-state index contributed by atoms with van der Waals surface area (Å²) in [4.78, 5) is 2.44. The molecule has 3 atom stereocenters. The van der Waals surface area contributed by atoms with Gasteiger partial charge in [0.1, 0.15) is 0 Å². The summed E-state index contributed by atoms with van der Waals surface area (Å²) in [6, 6.07) is 0.940. The normalized spacial score (nSPS) is 35.0. The van der Waals surface area contributed by atoms with Crippen LogP contribution in [-0.4, -0.2) is 56.0 Å². The standard InChI is InChI=1S/C15H30N2O2S/c1-11(2)14-10-17(15(8-16-14)12(3)4)9-13-6-5-7-20(13,18)19/h11-16H,5-10H2,1-4H3. The van der Waals surface area contributed by atoms with E-state index in [9.17, 15) is 8.42 Å². The summed E-state index contributed by atoms with van der Waals surface area (Å²) in [5, 5.41) is 3.50. The van der Waals surface area contributed by atoms with E-state index in [1.165, 1.54) is 0 Å². The van der Waals surface area contributed by atoms with Crippen molar-refractivity contribution in [3.63, 3.8) is 0 Å². The van der Waals surface area contributed by atoms with Gasteiger partial charge in [-0.1, -0.05) is 27.7 Å². The smallest absolute Gasteiger partial charge is 0.154 e. The van der Waals surface area contributed by atoms with Gasteiger partial charge in [0.05, 0.1) is 11.0 Å². The van der Waals surface area contributed by atoms with Gasteiger partial charge in [0.15, 0.2) is 9.84 Å². The first-order chi connectivity index (χ1) is 9.31. The van der Waals surface area contributed by atoms with Gasteiger partial charge in [-0.05, 0) is 24.7 Å². The largest absolute Gasteiger partial charge is 0.311 e. The number of sulfone groups is 1. The number of hydrogen-bond donors (Lipinski definition) is 1. The first-order valence-corrected chi connectivity index (χ1v) is 9.72. The van der Waals surface area contributed by atoms with Gasteiger partial charge in [0.25, 0.3) is 0 Å². The van der Waals surface area contributed by atoms with Crippen LogP contribution in [0.1, 0.15) is 40.5 Å². The topological polar surface area (TPSA) is 49.4 Å². The minimum Gasteiger partial charge on any atom is -0.311 e. The maximum Gasteiger partial charge on any atom is 0.154 e. The summed E-state index contributed by atoms with van der Waals surface area (Å²) in [6.07, 6.45) is 1.70. The van der Waals surface area contributed by atoms with Gasteiger partial charge >= 0.3 is 0 Å². The van der Waals surface area contributed by atoms with Crippen molar-refractivity contribution in [1.82, 2.24) is 10.2 Å². The van der Waals surface area contributed by atoms with E-state index in [4.69, 9.17) is 0 Å². The molecule has 0 amide bonds. The van der Waals surface area contributed by atoms with E-state index < -0.39 is 9.84 Å². The average Bonchev–Trinajstić information content (AvgIpc) is 2.68. The van der Waals surface area contributed by atoms with Crippen molar-refractivity contribution in [2.45, 2.75) is 57.9 Å². The second kappa shape index (κ2) is 6.32. The average molecular weight is 302 g/mol. The number of nitrogens with one attached hydrogen (secondary N) is 1. The number of hydrogen-bond acceptors (Lipinski definition) is 4. The van der Waals surface area contributed by atoms with Crippen LogP contribution in [0.25, 0.3) is 0 Å². The number of nitrogens with zero attached hydrogens (tertiary/aromatic N) is 1. The van der Waals surface area contributed by atoms with Crippen LogP contribution in [0.3, 0.4) is 0 Å². The minimum atomic E-state index is -2.84. The number of piperazine rings is 1. The zero-order valence-corrected chi connectivity index (χ0v) is 14.1. The first-order valence-electron chi connectivity index (χ1n) is 8.00.